The molecule has 0 spiro atoms. The van der Waals surface area contributed by atoms with Crippen LogP contribution in [0.5, 0.6) is 0 Å². The van der Waals surface area contributed by atoms with Gasteiger partial charge in [-0.15, -0.1) is 0 Å². The minimum absolute atomic E-state index is 0.884. The maximum absolute atomic E-state index is 2.45. The lowest BCUT2D eigenvalue weighted by Gasteiger charge is -2.42. The van der Waals surface area contributed by atoms with Gasteiger partial charge in [0.15, 0.2) is 0 Å². The van der Waals surface area contributed by atoms with Gasteiger partial charge in [-0.05, 0) is 36.5 Å². The highest BCUT2D eigenvalue weighted by atomic mass is 14.4. The van der Waals surface area contributed by atoms with Gasteiger partial charge in [-0.25, -0.2) is 0 Å². The summed E-state index contributed by atoms with van der Waals surface area (Å²) in [7, 11) is 0. The SMILES string of the molecule is CCCCC1CCC1C(C)C(C)C. The summed E-state index contributed by atoms with van der Waals surface area (Å²) in [4.78, 5) is 0. The Morgan fingerprint density at radius 1 is 1.15 bits per heavy atom. The topological polar surface area (TPSA) is 0 Å². The standard InChI is InChI=1S/C13H26/c1-5-6-7-12-8-9-13(12)11(4)10(2)3/h10-13H,5-9H2,1-4H3. The summed E-state index contributed by atoms with van der Waals surface area (Å²) in [5, 5.41) is 0. The van der Waals surface area contributed by atoms with Gasteiger partial charge in [0.1, 0.15) is 0 Å². The molecule has 1 rings (SSSR count). The lowest BCUT2D eigenvalue weighted by Crippen LogP contribution is -2.33. The van der Waals surface area contributed by atoms with E-state index in [2.05, 4.69) is 27.7 Å². The molecule has 13 heavy (non-hydrogen) atoms. The van der Waals surface area contributed by atoms with Crippen molar-refractivity contribution in [3.05, 3.63) is 0 Å². The van der Waals surface area contributed by atoms with E-state index >= 15 is 0 Å². The zero-order chi connectivity index (χ0) is 9.84. The molecule has 1 fully saturated rings. The van der Waals surface area contributed by atoms with Gasteiger partial charge in [0.05, 0.1) is 0 Å². The van der Waals surface area contributed by atoms with Crippen LogP contribution >= 0.6 is 0 Å². The maximum Gasteiger partial charge on any atom is -0.0358 e. The average Bonchev–Trinajstić information content (AvgIpc) is 2.03. The quantitative estimate of drug-likeness (QED) is 0.587. The molecule has 0 saturated heterocycles. The van der Waals surface area contributed by atoms with Gasteiger partial charge in [-0.3, -0.25) is 0 Å². The molecule has 0 heterocycles. The van der Waals surface area contributed by atoms with Crippen LogP contribution in [0.25, 0.3) is 0 Å². The van der Waals surface area contributed by atoms with E-state index in [1.807, 2.05) is 0 Å². The van der Waals surface area contributed by atoms with E-state index < -0.39 is 0 Å². The van der Waals surface area contributed by atoms with E-state index in [9.17, 15) is 0 Å². The summed E-state index contributed by atoms with van der Waals surface area (Å²) in [6.07, 6.45) is 7.35. The molecule has 0 heteroatoms. The molecule has 3 unspecified atom stereocenters. The Morgan fingerprint density at radius 2 is 1.85 bits per heavy atom. The van der Waals surface area contributed by atoms with Crippen molar-refractivity contribution in [1.82, 2.24) is 0 Å². The van der Waals surface area contributed by atoms with Crippen LogP contribution in [0.4, 0.5) is 0 Å². The highest BCUT2D eigenvalue weighted by molar-refractivity contribution is 4.85. The van der Waals surface area contributed by atoms with Crippen LogP contribution in [0.2, 0.25) is 0 Å². The first-order valence-electron chi connectivity index (χ1n) is 6.16. The lowest BCUT2D eigenvalue weighted by atomic mass is 9.63. The van der Waals surface area contributed by atoms with Crippen molar-refractivity contribution < 1.29 is 0 Å². The molecule has 0 nitrogen and oxygen atoms in total. The molecule has 1 aliphatic carbocycles. The zero-order valence-electron chi connectivity index (χ0n) is 9.84. The molecule has 0 bridgehead atoms. The molecule has 0 aromatic heterocycles. The van der Waals surface area contributed by atoms with Gasteiger partial charge in [0.2, 0.25) is 0 Å². The Bertz CT molecular complexity index is 137. The van der Waals surface area contributed by atoms with Gasteiger partial charge in [-0.2, -0.15) is 0 Å². The van der Waals surface area contributed by atoms with E-state index in [1.165, 1.54) is 32.1 Å². The van der Waals surface area contributed by atoms with Gasteiger partial charge >= 0.3 is 0 Å². The number of hydrogen-bond donors (Lipinski definition) is 0. The van der Waals surface area contributed by atoms with Crippen LogP contribution in [0.3, 0.4) is 0 Å². The third-order valence-corrected chi connectivity index (χ3v) is 4.13. The van der Waals surface area contributed by atoms with E-state index in [-0.39, 0.29) is 0 Å². The molecule has 0 N–H and O–H groups in total. The summed E-state index contributed by atoms with van der Waals surface area (Å²) >= 11 is 0. The monoisotopic (exact) mass is 182 g/mol. The van der Waals surface area contributed by atoms with Crippen molar-refractivity contribution >= 4 is 0 Å². The molecule has 1 saturated carbocycles. The van der Waals surface area contributed by atoms with Crippen LogP contribution in [0.1, 0.15) is 59.8 Å². The molecule has 0 aromatic carbocycles. The minimum Gasteiger partial charge on any atom is -0.0654 e. The van der Waals surface area contributed by atoms with Gasteiger partial charge in [0, 0.05) is 0 Å². The van der Waals surface area contributed by atoms with E-state index in [4.69, 9.17) is 0 Å². The minimum atomic E-state index is 0.884. The summed E-state index contributed by atoms with van der Waals surface area (Å²) in [6.45, 7) is 9.51. The van der Waals surface area contributed by atoms with Crippen molar-refractivity contribution in [3.8, 4) is 0 Å². The van der Waals surface area contributed by atoms with Crippen LogP contribution in [-0.4, -0.2) is 0 Å². The third-order valence-electron chi connectivity index (χ3n) is 4.13. The summed E-state index contributed by atoms with van der Waals surface area (Å²) < 4.78 is 0. The fraction of sp³-hybridized carbons (Fsp3) is 1.00. The summed E-state index contributed by atoms with van der Waals surface area (Å²) in [5.41, 5.74) is 0. The van der Waals surface area contributed by atoms with Crippen LogP contribution in [-0.2, 0) is 0 Å². The fourth-order valence-corrected chi connectivity index (χ4v) is 2.61. The first kappa shape index (κ1) is 11.1. The maximum atomic E-state index is 2.45. The zero-order valence-corrected chi connectivity index (χ0v) is 9.84. The predicted octanol–water partition coefficient (Wildman–Crippen LogP) is 4.49. The van der Waals surface area contributed by atoms with Crippen molar-refractivity contribution in [2.24, 2.45) is 23.7 Å². The lowest BCUT2D eigenvalue weighted by molar-refractivity contribution is 0.0779. The predicted molar refractivity (Wildman–Crippen MR) is 59.7 cm³/mol. The van der Waals surface area contributed by atoms with Crippen LogP contribution < -0.4 is 0 Å². The number of rotatable bonds is 5. The molecular weight excluding hydrogens is 156 g/mol. The highest BCUT2D eigenvalue weighted by Gasteiger charge is 2.34. The first-order valence-corrected chi connectivity index (χ1v) is 6.16. The molecule has 0 radical (unpaired) electrons. The van der Waals surface area contributed by atoms with Crippen LogP contribution in [0.15, 0.2) is 0 Å². The molecule has 78 valence electrons. The summed E-state index contributed by atoms with van der Waals surface area (Å²) in [6, 6.07) is 0. The Labute approximate surface area is 84.1 Å². The normalized spacial score (nSPS) is 30.2. The molecule has 0 aliphatic heterocycles. The van der Waals surface area contributed by atoms with Crippen molar-refractivity contribution in [3.63, 3.8) is 0 Å². The Hall–Kier alpha value is 0. The summed E-state index contributed by atoms with van der Waals surface area (Å²) in [5.74, 6) is 3.98. The molecule has 0 amide bonds. The third kappa shape index (κ3) is 2.72. The number of hydrogen-bond acceptors (Lipinski definition) is 0. The molecular formula is C13H26. The van der Waals surface area contributed by atoms with Crippen LogP contribution in [0, 0.1) is 23.7 Å². The van der Waals surface area contributed by atoms with Gasteiger partial charge in [-0.1, -0.05) is 47.0 Å². The van der Waals surface area contributed by atoms with E-state index in [1.54, 1.807) is 0 Å². The Kier molecular flexibility index (Phi) is 4.28. The Morgan fingerprint density at radius 3 is 2.23 bits per heavy atom. The van der Waals surface area contributed by atoms with E-state index in [0.29, 0.717) is 0 Å². The van der Waals surface area contributed by atoms with E-state index in [0.717, 1.165) is 23.7 Å². The average molecular weight is 182 g/mol. The molecule has 1 aliphatic rings. The Balaban J connectivity index is 2.27. The van der Waals surface area contributed by atoms with Gasteiger partial charge < -0.3 is 0 Å². The second-order valence-electron chi connectivity index (χ2n) is 5.25. The highest BCUT2D eigenvalue weighted by Crippen LogP contribution is 2.44. The first-order chi connectivity index (χ1) is 6.16. The second-order valence-corrected chi connectivity index (χ2v) is 5.25. The fourth-order valence-electron chi connectivity index (χ4n) is 2.61. The number of unbranched alkanes of at least 4 members (excludes halogenated alkanes) is 1. The molecule has 0 aromatic rings. The largest absolute Gasteiger partial charge is 0.0654 e. The second kappa shape index (κ2) is 5.02. The smallest absolute Gasteiger partial charge is 0.0358 e. The van der Waals surface area contributed by atoms with Crippen molar-refractivity contribution in [2.45, 2.75) is 59.8 Å². The van der Waals surface area contributed by atoms with Gasteiger partial charge in [0.25, 0.3) is 0 Å². The molecule has 3 atom stereocenters. The van der Waals surface area contributed by atoms with Crippen molar-refractivity contribution in [1.29, 1.82) is 0 Å². The van der Waals surface area contributed by atoms with Crippen molar-refractivity contribution in [2.75, 3.05) is 0 Å².